The molecule has 1 amide bonds. The molecule has 2 aromatic heterocycles. The van der Waals surface area contributed by atoms with E-state index in [0.29, 0.717) is 46.5 Å². The van der Waals surface area contributed by atoms with E-state index >= 15 is 0 Å². The number of halogens is 1. The Balaban J connectivity index is 1.64. The van der Waals surface area contributed by atoms with E-state index in [9.17, 15) is 9.59 Å². The van der Waals surface area contributed by atoms with E-state index in [0.717, 1.165) is 13.1 Å². The maximum Gasteiger partial charge on any atom is 0.338 e. The molecule has 0 fully saturated rings. The van der Waals surface area contributed by atoms with Crippen LogP contribution in [-0.4, -0.2) is 52.4 Å². The number of fused-ring (bicyclic) bond motifs is 1. The molecule has 0 aliphatic heterocycles. The van der Waals surface area contributed by atoms with E-state index in [1.54, 1.807) is 53.9 Å². The van der Waals surface area contributed by atoms with Crippen LogP contribution in [0, 0.1) is 6.92 Å². The van der Waals surface area contributed by atoms with Gasteiger partial charge in [-0.25, -0.2) is 9.78 Å². The van der Waals surface area contributed by atoms with Crippen molar-refractivity contribution in [1.29, 1.82) is 0 Å². The largest absolute Gasteiger partial charge is 0.461 e. The number of likely N-dealkylation sites (N-methyl/N-ethyl adjacent to an activating group) is 1. The third kappa shape index (κ3) is 4.98. The number of amides is 1. The monoisotopic (exact) mass is 428 g/mol. The first-order chi connectivity index (χ1) is 14.4. The van der Waals surface area contributed by atoms with Crippen LogP contribution < -0.4 is 5.32 Å². The van der Waals surface area contributed by atoms with E-state index < -0.39 is 0 Å². The minimum absolute atomic E-state index is 0.309. The second kappa shape index (κ2) is 9.73. The highest BCUT2D eigenvalue weighted by atomic mass is 35.5. The number of carbonyl (C=O) groups excluding carboxylic acids is 2. The first-order valence-corrected chi connectivity index (χ1v) is 10.3. The number of hydrogen-bond donors (Lipinski definition) is 1. The van der Waals surface area contributed by atoms with Crippen molar-refractivity contribution in [2.45, 2.75) is 20.8 Å². The summed E-state index contributed by atoms with van der Waals surface area (Å²) in [6.45, 7) is 8.79. The number of rotatable bonds is 8. The summed E-state index contributed by atoms with van der Waals surface area (Å²) >= 11 is 6.05. The number of pyridine rings is 1. The Morgan fingerprint density at radius 1 is 1.13 bits per heavy atom. The Hall–Kier alpha value is -2.90. The van der Waals surface area contributed by atoms with Gasteiger partial charge in [-0.2, -0.15) is 0 Å². The molecule has 0 bridgehead atoms. The Kier molecular flexibility index (Phi) is 7.07. The number of nitrogens with one attached hydrogen (secondary N) is 1. The molecule has 0 radical (unpaired) electrons. The van der Waals surface area contributed by atoms with Crippen LogP contribution in [0.25, 0.3) is 5.65 Å². The minimum atomic E-state index is -0.382. The van der Waals surface area contributed by atoms with Crippen LogP contribution >= 0.6 is 11.6 Å². The van der Waals surface area contributed by atoms with Crippen LogP contribution in [0.1, 0.15) is 40.4 Å². The molecule has 1 N–H and O–H groups in total. The highest BCUT2D eigenvalue weighted by Gasteiger charge is 2.17. The lowest BCUT2D eigenvalue weighted by atomic mass is 10.2. The average molecular weight is 429 g/mol. The van der Waals surface area contributed by atoms with Crippen LogP contribution in [0.15, 0.2) is 42.6 Å². The van der Waals surface area contributed by atoms with Gasteiger partial charge >= 0.3 is 5.97 Å². The maximum atomic E-state index is 12.8. The lowest BCUT2D eigenvalue weighted by Gasteiger charge is -2.17. The molecular weight excluding hydrogens is 404 g/mol. The summed E-state index contributed by atoms with van der Waals surface area (Å²) in [6, 6.07) is 10.1. The minimum Gasteiger partial charge on any atom is -0.461 e. The predicted molar refractivity (Wildman–Crippen MR) is 117 cm³/mol. The summed E-state index contributed by atoms with van der Waals surface area (Å²) in [4.78, 5) is 31.6. The lowest BCUT2D eigenvalue weighted by molar-refractivity contribution is 0.0466. The smallest absolute Gasteiger partial charge is 0.338 e. The number of aryl methyl sites for hydroxylation is 1. The molecule has 3 aromatic rings. The zero-order chi connectivity index (χ0) is 21.7. The van der Waals surface area contributed by atoms with Crippen LogP contribution in [0.5, 0.6) is 0 Å². The maximum absolute atomic E-state index is 12.8. The second-order valence-corrected chi connectivity index (χ2v) is 7.25. The number of hydrogen-bond acceptors (Lipinski definition) is 5. The number of nitrogens with zero attached hydrogens (tertiary/aromatic N) is 3. The third-order valence-electron chi connectivity index (χ3n) is 4.89. The summed E-state index contributed by atoms with van der Waals surface area (Å²) in [6.07, 6.45) is 1.66. The van der Waals surface area contributed by atoms with Gasteiger partial charge in [-0.15, -0.1) is 0 Å². The third-order valence-corrected chi connectivity index (χ3v) is 5.11. The van der Waals surface area contributed by atoms with Crippen LogP contribution in [0.4, 0.5) is 5.69 Å². The standard InChI is InChI=1S/C22H25ClN4O3/c1-4-26(5-2)12-13-30-22(29)16-6-9-18(10-7-16)25-21(28)20-15(3)24-19-11-8-17(23)14-27(19)20/h6-11,14H,4-5,12-13H2,1-3H3,(H,25,28). The molecule has 7 nitrogen and oxygen atoms in total. The van der Waals surface area contributed by atoms with Crippen molar-refractivity contribution in [2.75, 3.05) is 31.6 Å². The van der Waals surface area contributed by atoms with E-state index in [1.165, 1.54) is 0 Å². The fourth-order valence-corrected chi connectivity index (χ4v) is 3.34. The number of benzene rings is 1. The van der Waals surface area contributed by atoms with Gasteiger partial charge in [-0.3, -0.25) is 9.20 Å². The number of aromatic nitrogens is 2. The van der Waals surface area contributed by atoms with E-state index in [4.69, 9.17) is 16.3 Å². The van der Waals surface area contributed by atoms with Gasteiger partial charge < -0.3 is 15.0 Å². The molecule has 0 saturated heterocycles. The quantitative estimate of drug-likeness (QED) is 0.548. The number of imidazole rings is 1. The Morgan fingerprint density at radius 2 is 1.83 bits per heavy atom. The zero-order valence-electron chi connectivity index (χ0n) is 17.3. The van der Waals surface area contributed by atoms with E-state index in [1.807, 2.05) is 0 Å². The Morgan fingerprint density at radius 3 is 2.50 bits per heavy atom. The molecule has 0 atom stereocenters. The molecule has 1 aromatic carbocycles. The molecular formula is C22H25ClN4O3. The first-order valence-electron chi connectivity index (χ1n) is 9.88. The van der Waals surface area contributed by atoms with Crippen molar-refractivity contribution >= 4 is 34.8 Å². The summed E-state index contributed by atoms with van der Waals surface area (Å²) in [5, 5.41) is 3.35. The van der Waals surface area contributed by atoms with Gasteiger partial charge in [0.25, 0.3) is 5.91 Å². The van der Waals surface area contributed by atoms with E-state index in [-0.39, 0.29) is 11.9 Å². The lowest BCUT2D eigenvalue weighted by Crippen LogP contribution is -2.27. The fourth-order valence-electron chi connectivity index (χ4n) is 3.18. The number of esters is 1. The van der Waals surface area contributed by atoms with Gasteiger partial charge in [0.2, 0.25) is 0 Å². The van der Waals surface area contributed by atoms with Crippen molar-refractivity contribution in [1.82, 2.24) is 14.3 Å². The molecule has 3 rings (SSSR count). The number of carbonyl (C=O) groups is 2. The summed E-state index contributed by atoms with van der Waals surface area (Å²) in [7, 11) is 0. The molecule has 8 heteroatoms. The molecule has 158 valence electrons. The van der Waals surface area contributed by atoms with Crippen molar-refractivity contribution in [3.05, 3.63) is 64.6 Å². The van der Waals surface area contributed by atoms with Gasteiger partial charge in [0, 0.05) is 18.4 Å². The van der Waals surface area contributed by atoms with Crippen LogP contribution in [-0.2, 0) is 4.74 Å². The van der Waals surface area contributed by atoms with Gasteiger partial charge in [0.1, 0.15) is 17.9 Å². The zero-order valence-corrected chi connectivity index (χ0v) is 18.1. The highest BCUT2D eigenvalue weighted by molar-refractivity contribution is 6.30. The van der Waals surface area contributed by atoms with Crippen LogP contribution in [0.2, 0.25) is 5.02 Å². The van der Waals surface area contributed by atoms with Gasteiger partial charge in [-0.05, 0) is 56.4 Å². The molecule has 0 saturated carbocycles. The van der Waals surface area contributed by atoms with Crippen molar-refractivity contribution in [3.8, 4) is 0 Å². The van der Waals surface area contributed by atoms with Crippen molar-refractivity contribution in [2.24, 2.45) is 0 Å². The molecule has 0 aliphatic carbocycles. The van der Waals surface area contributed by atoms with Crippen molar-refractivity contribution in [3.63, 3.8) is 0 Å². The van der Waals surface area contributed by atoms with Gasteiger partial charge in [0.15, 0.2) is 0 Å². The molecule has 0 unspecified atom stereocenters. The average Bonchev–Trinajstić information content (AvgIpc) is 3.06. The second-order valence-electron chi connectivity index (χ2n) is 6.82. The normalized spacial score (nSPS) is 11.1. The number of ether oxygens (including phenoxy) is 1. The molecule has 30 heavy (non-hydrogen) atoms. The summed E-state index contributed by atoms with van der Waals surface area (Å²) < 4.78 is 6.99. The summed E-state index contributed by atoms with van der Waals surface area (Å²) in [5.74, 6) is -0.691. The summed E-state index contributed by atoms with van der Waals surface area (Å²) in [5.41, 5.74) is 2.65. The van der Waals surface area contributed by atoms with Gasteiger partial charge in [-0.1, -0.05) is 25.4 Å². The van der Waals surface area contributed by atoms with Gasteiger partial charge in [0.05, 0.1) is 16.3 Å². The molecule has 0 aliphatic rings. The molecule has 2 heterocycles. The fraction of sp³-hybridized carbons (Fsp3) is 0.318. The predicted octanol–water partition coefficient (Wildman–Crippen LogP) is 4.05. The highest BCUT2D eigenvalue weighted by Crippen LogP contribution is 2.18. The molecule has 0 spiro atoms. The van der Waals surface area contributed by atoms with Crippen molar-refractivity contribution < 1.29 is 14.3 Å². The SMILES string of the molecule is CCN(CC)CCOC(=O)c1ccc(NC(=O)c2c(C)nc3ccc(Cl)cn23)cc1. The first kappa shape index (κ1) is 21.8. The van der Waals surface area contributed by atoms with Crippen LogP contribution in [0.3, 0.4) is 0 Å². The van der Waals surface area contributed by atoms with E-state index in [2.05, 4.69) is 29.0 Å². The Labute approximate surface area is 180 Å². The topological polar surface area (TPSA) is 75.9 Å². The number of anilines is 1. The Bertz CT molecular complexity index is 1040.